The number of rotatable bonds is 5. The molecule has 0 saturated carbocycles. The van der Waals surface area contributed by atoms with Gasteiger partial charge in [-0.3, -0.25) is 14.2 Å². The van der Waals surface area contributed by atoms with E-state index in [0.717, 1.165) is 4.68 Å². The zero-order valence-electron chi connectivity index (χ0n) is 17.6. The molecule has 0 aliphatic carbocycles. The van der Waals surface area contributed by atoms with E-state index in [2.05, 4.69) is 10.4 Å². The summed E-state index contributed by atoms with van der Waals surface area (Å²) in [5.41, 5.74) is 0.590. The van der Waals surface area contributed by atoms with Crippen molar-refractivity contribution in [1.29, 1.82) is 0 Å². The lowest BCUT2D eigenvalue weighted by atomic mass is 10.2. The third kappa shape index (κ3) is 3.97. The van der Waals surface area contributed by atoms with E-state index in [1.807, 2.05) is 0 Å². The van der Waals surface area contributed by atoms with Gasteiger partial charge in [-0.15, -0.1) is 5.10 Å². The number of amides is 1. The Balaban J connectivity index is 1.61. The van der Waals surface area contributed by atoms with Crippen LogP contribution in [0.5, 0.6) is 0 Å². The van der Waals surface area contributed by atoms with Crippen LogP contribution >= 0.6 is 11.6 Å². The molecule has 0 unspecified atom stereocenters. The maximum absolute atomic E-state index is 13.3. The molecular formula is C24H17ClFN5O3. The highest BCUT2D eigenvalue weighted by Crippen LogP contribution is 2.15. The number of hydrogen-bond donors (Lipinski definition) is 1. The summed E-state index contributed by atoms with van der Waals surface area (Å²) in [6, 6.07) is 19.0. The standard InChI is InChI=1S/C24H17ClFN5O3/c25-16-4-3-5-18(12-16)27-21(32)14-30-24(34)31-20-7-2-1-6-19(20)22(33)29(23(31)28-30)13-15-8-10-17(26)11-9-15/h1-12H,13-14H2,(H,27,32). The van der Waals surface area contributed by atoms with Crippen molar-refractivity contribution >= 4 is 39.9 Å². The summed E-state index contributed by atoms with van der Waals surface area (Å²) in [7, 11) is 0. The van der Waals surface area contributed by atoms with Crippen LogP contribution in [0.3, 0.4) is 0 Å². The number of benzene rings is 3. The second-order valence-corrected chi connectivity index (χ2v) is 8.11. The van der Waals surface area contributed by atoms with Crippen molar-refractivity contribution < 1.29 is 9.18 Å². The van der Waals surface area contributed by atoms with Crippen molar-refractivity contribution in [2.75, 3.05) is 5.32 Å². The van der Waals surface area contributed by atoms with Crippen LogP contribution in [0, 0.1) is 5.82 Å². The number of anilines is 1. The Morgan fingerprint density at radius 1 is 1.00 bits per heavy atom. The van der Waals surface area contributed by atoms with E-state index in [1.165, 1.54) is 21.1 Å². The van der Waals surface area contributed by atoms with Gasteiger partial charge in [-0.05, 0) is 48.0 Å². The predicted molar refractivity (Wildman–Crippen MR) is 127 cm³/mol. The predicted octanol–water partition coefficient (Wildman–Crippen LogP) is 3.29. The second kappa shape index (κ2) is 8.60. The fourth-order valence-electron chi connectivity index (χ4n) is 3.79. The van der Waals surface area contributed by atoms with Gasteiger partial charge in [0.1, 0.15) is 12.4 Å². The Hall–Kier alpha value is -4.24. The van der Waals surface area contributed by atoms with Crippen LogP contribution < -0.4 is 16.6 Å². The van der Waals surface area contributed by atoms with Gasteiger partial charge in [0, 0.05) is 10.7 Å². The normalized spacial score (nSPS) is 11.2. The quantitative estimate of drug-likeness (QED) is 0.420. The molecule has 0 atom stereocenters. The van der Waals surface area contributed by atoms with Crippen molar-refractivity contribution in [3.05, 3.63) is 110 Å². The first-order chi connectivity index (χ1) is 16.4. The van der Waals surface area contributed by atoms with E-state index in [0.29, 0.717) is 27.2 Å². The summed E-state index contributed by atoms with van der Waals surface area (Å²) in [4.78, 5) is 39.1. The number of aromatic nitrogens is 4. The van der Waals surface area contributed by atoms with Gasteiger partial charge in [0.2, 0.25) is 11.7 Å². The van der Waals surface area contributed by atoms with Crippen molar-refractivity contribution in [3.63, 3.8) is 0 Å². The molecule has 5 rings (SSSR count). The lowest BCUT2D eigenvalue weighted by Crippen LogP contribution is -2.29. The Bertz CT molecular complexity index is 1670. The molecule has 1 amide bonds. The lowest BCUT2D eigenvalue weighted by Gasteiger charge is -2.09. The SMILES string of the molecule is O=C(Cn1nc2n(Cc3ccc(F)cc3)c(=O)c3ccccc3n2c1=O)Nc1cccc(Cl)c1. The number of carbonyl (C=O) groups is 1. The monoisotopic (exact) mass is 477 g/mol. The molecule has 0 saturated heterocycles. The smallest absolute Gasteiger partial charge is 0.324 e. The molecule has 2 heterocycles. The Kier molecular flexibility index (Phi) is 5.46. The largest absolute Gasteiger partial charge is 0.352 e. The van der Waals surface area contributed by atoms with Crippen LogP contribution in [0.2, 0.25) is 5.02 Å². The van der Waals surface area contributed by atoms with Gasteiger partial charge in [-0.25, -0.2) is 18.3 Å². The Morgan fingerprint density at radius 3 is 2.53 bits per heavy atom. The molecule has 1 N–H and O–H groups in total. The first-order valence-electron chi connectivity index (χ1n) is 10.3. The number of carbonyl (C=O) groups excluding carboxylic acids is 1. The molecular weight excluding hydrogens is 461 g/mol. The molecule has 0 radical (unpaired) electrons. The van der Waals surface area contributed by atoms with E-state index in [4.69, 9.17) is 11.6 Å². The summed E-state index contributed by atoms with van der Waals surface area (Å²) in [6.07, 6.45) is 0. The maximum Gasteiger partial charge on any atom is 0.352 e. The van der Waals surface area contributed by atoms with Crippen LogP contribution in [-0.2, 0) is 17.9 Å². The number of fused-ring (bicyclic) bond motifs is 3. The van der Waals surface area contributed by atoms with Crippen LogP contribution in [0.15, 0.2) is 82.4 Å². The maximum atomic E-state index is 13.3. The van der Waals surface area contributed by atoms with E-state index in [9.17, 15) is 18.8 Å². The first-order valence-corrected chi connectivity index (χ1v) is 10.7. The minimum absolute atomic E-state index is 0.0681. The molecule has 10 heteroatoms. The fraction of sp³-hybridized carbons (Fsp3) is 0.0833. The third-order valence-electron chi connectivity index (χ3n) is 5.34. The van der Waals surface area contributed by atoms with Gasteiger partial charge in [0.15, 0.2) is 0 Å². The minimum atomic E-state index is -0.569. The third-order valence-corrected chi connectivity index (χ3v) is 5.57. The van der Waals surface area contributed by atoms with Gasteiger partial charge < -0.3 is 5.32 Å². The van der Waals surface area contributed by atoms with E-state index < -0.39 is 17.4 Å². The van der Waals surface area contributed by atoms with E-state index in [1.54, 1.807) is 60.7 Å². The molecule has 0 fully saturated rings. The van der Waals surface area contributed by atoms with Crippen LogP contribution in [0.25, 0.3) is 16.7 Å². The van der Waals surface area contributed by atoms with Crippen LogP contribution in [0.1, 0.15) is 5.56 Å². The van der Waals surface area contributed by atoms with Gasteiger partial charge in [0.05, 0.1) is 17.4 Å². The van der Waals surface area contributed by atoms with Gasteiger partial charge in [-0.2, -0.15) is 0 Å². The molecule has 3 aromatic carbocycles. The summed E-state index contributed by atoms with van der Waals surface area (Å²) in [6.45, 7) is -0.301. The molecule has 170 valence electrons. The number of para-hydroxylation sites is 1. The summed E-state index contributed by atoms with van der Waals surface area (Å²) >= 11 is 5.95. The van der Waals surface area contributed by atoms with Gasteiger partial charge in [-0.1, -0.05) is 41.9 Å². The van der Waals surface area contributed by atoms with Crippen LogP contribution in [-0.4, -0.2) is 24.7 Å². The van der Waals surface area contributed by atoms with Gasteiger partial charge >= 0.3 is 5.69 Å². The Labute approximate surface area is 196 Å². The molecule has 34 heavy (non-hydrogen) atoms. The topological polar surface area (TPSA) is 90.4 Å². The highest BCUT2D eigenvalue weighted by molar-refractivity contribution is 6.30. The summed E-state index contributed by atoms with van der Waals surface area (Å²) < 4.78 is 17.0. The van der Waals surface area contributed by atoms with E-state index >= 15 is 0 Å². The number of nitrogens with one attached hydrogen (secondary N) is 1. The number of nitrogens with zero attached hydrogens (tertiary/aromatic N) is 4. The van der Waals surface area contributed by atoms with E-state index in [-0.39, 0.29) is 24.4 Å². The Morgan fingerprint density at radius 2 is 1.76 bits per heavy atom. The molecule has 0 bridgehead atoms. The lowest BCUT2D eigenvalue weighted by molar-refractivity contribution is -0.117. The molecule has 2 aromatic heterocycles. The average molecular weight is 478 g/mol. The number of hydrogen-bond acceptors (Lipinski definition) is 4. The second-order valence-electron chi connectivity index (χ2n) is 7.67. The number of halogens is 2. The molecule has 0 aliphatic rings. The molecule has 0 aliphatic heterocycles. The summed E-state index contributed by atoms with van der Waals surface area (Å²) in [5, 5.41) is 7.76. The molecule has 5 aromatic rings. The van der Waals surface area contributed by atoms with Crippen molar-refractivity contribution in [2.45, 2.75) is 13.1 Å². The van der Waals surface area contributed by atoms with Crippen molar-refractivity contribution in [2.24, 2.45) is 0 Å². The van der Waals surface area contributed by atoms with Crippen molar-refractivity contribution in [3.8, 4) is 0 Å². The fourth-order valence-corrected chi connectivity index (χ4v) is 3.98. The zero-order valence-corrected chi connectivity index (χ0v) is 18.4. The van der Waals surface area contributed by atoms with Crippen LogP contribution in [0.4, 0.5) is 10.1 Å². The molecule has 8 nitrogen and oxygen atoms in total. The highest BCUT2D eigenvalue weighted by atomic mass is 35.5. The highest BCUT2D eigenvalue weighted by Gasteiger charge is 2.19. The van der Waals surface area contributed by atoms with Crippen molar-refractivity contribution in [1.82, 2.24) is 18.7 Å². The first kappa shape index (κ1) is 21.6. The average Bonchev–Trinajstić information content (AvgIpc) is 3.13. The van der Waals surface area contributed by atoms with Gasteiger partial charge in [0.25, 0.3) is 5.56 Å². The molecule has 0 spiro atoms. The zero-order chi connectivity index (χ0) is 23.8. The summed E-state index contributed by atoms with van der Waals surface area (Å²) in [5.74, 6) is -0.802. The minimum Gasteiger partial charge on any atom is -0.324 e.